The Labute approximate surface area is 108 Å². The number of carbonyl (C=O) groups is 3. The van der Waals surface area contributed by atoms with E-state index in [0.717, 1.165) is 11.8 Å². The average Bonchev–Trinajstić information content (AvgIpc) is 2.29. The molecule has 0 aromatic heterocycles. The monoisotopic (exact) mass is 266 g/mol. The van der Waals surface area contributed by atoms with Crippen LogP contribution in [0.25, 0.3) is 0 Å². The number of rotatable bonds is 8. The van der Waals surface area contributed by atoms with Crippen molar-refractivity contribution in [3.63, 3.8) is 0 Å². The van der Waals surface area contributed by atoms with Crippen LogP contribution in [0.1, 0.15) is 30.7 Å². The van der Waals surface area contributed by atoms with Gasteiger partial charge in [0.15, 0.2) is 0 Å². The number of thioether (sulfide) groups is 1. The Hall–Kier alpha value is -1.24. The second-order valence-electron chi connectivity index (χ2n) is 3.44. The maximum atomic E-state index is 11.2. The number of carboxylic acid groups (broad SMARTS) is 2. The zero-order chi connectivity index (χ0) is 15.9. The van der Waals surface area contributed by atoms with Gasteiger partial charge in [-0.3, -0.25) is 9.59 Å². The van der Waals surface area contributed by atoms with Crippen LogP contribution in [0, 0.1) is 0 Å². The normalized spacial score (nSPS) is 17.1. The van der Waals surface area contributed by atoms with E-state index in [1.165, 1.54) is 0 Å². The second kappa shape index (κ2) is 7.94. The van der Waals surface area contributed by atoms with Crippen molar-refractivity contribution in [3.05, 3.63) is 0 Å². The third kappa shape index (κ3) is 8.56. The molecule has 0 heterocycles. The molecule has 2 atom stereocenters. The standard InChI is InChI=1S/C10H17NO5S/c1-6(3-4-9(13)14)17-5-8(10(15)16)11-7(2)12/h6,8H,3-5H2,1-2H3,(H,11,12)(H,13,14)(H,15,16)/t6?,8-/m0/s1/i2D3. The van der Waals surface area contributed by atoms with E-state index in [4.69, 9.17) is 14.3 Å². The lowest BCUT2D eigenvalue weighted by molar-refractivity contribution is -0.140. The number of nitrogens with one attached hydrogen (secondary N) is 1. The lowest BCUT2D eigenvalue weighted by Gasteiger charge is -2.15. The van der Waals surface area contributed by atoms with Gasteiger partial charge >= 0.3 is 11.9 Å². The summed E-state index contributed by atoms with van der Waals surface area (Å²) in [5.74, 6) is -3.62. The predicted octanol–water partition coefficient (Wildman–Crippen LogP) is 0.562. The number of hydrogen-bond acceptors (Lipinski definition) is 4. The Kier molecular flexibility index (Phi) is 5.08. The quantitative estimate of drug-likeness (QED) is 0.593. The molecule has 0 spiro atoms. The van der Waals surface area contributed by atoms with E-state index in [-0.39, 0.29) is 17.4 Å². The molecular formula is C10H17NO5S. The molecule has 0 aliphatic rings. The summed E-state index contributed by atoms with van der Waals surface area (Å²) in [4.78, 5) is 32.5. The van der Waals surface area contributed by atoms with Gasteiger partial charge in [0.05, 0.1) is 0 Å². The second-order valence-corrected chi connectivity index (χ2v) is 4.91. The molecule has 0 radical (unpaired) electrons. The van der Waals surface area contributed by atoms with Crippen LogP contribution in [-0.2, 0) is 14.4 Å². The fourth-order valence-corrected chi connectivity index (χ4v) is 2.03. The van der Waals surface area contributed by atoms with Crippen molar-refractivity contribution in [1.29, 1.82) is 0 Å². The van der Waals surface area contributed by atoms with Crippen molar-refractivity contribution >= 4 is 29.6 Å². The van der Waals surface area contributed by atoms with E-state index in [1.807, 2.05) is 5.32 Å². The van der Waals surface area contributed by atoms with Crippen molar-refractivity contribution in [2.75, 3.05) is 5.75 Å². The molecule has 17 heavy (non-hydrogen) atoms. The van der Waals surface area contributed by atoms with Gasteiger partial charge in [0.1, 0.15) is 6.04 Å². The smallest absolute Gasteiger partial charge is 0.327 e. The van der Waals surface area contributed by atoms with Gasteiger partial charge in [-0.05, 0) is 6.42 Å². The van der Waals surface area contributed by atoms with Crippen molar-refractivity contribution < 1.29 is 28.7 Å². The number of amides is 1. The first-order chi connectivity index (χ1) is 9.04. The van der Waals surface area contributed by atoms with E-state index in [1.54, 1.807) is 6.92 Å². The molecule has 1 amide bonds. The van der Waals surface area contributed by atoms with Gasteiger partial charge in [0.2, 0.25) is 5.91 Å². The van der Waals surface area contributed by atoms with Crippen molar-refractivity contribution in [2.45, 2.75) is 37.9 Å². The highest BCUT2D eigenvalue weighted by Crippen LogP contribution is 2.16. The predicted molar refractivity (Wildman–Crippen MR) is 64.0 cm³/mol. The van der Waals surface area contributed by atoms with Crippen LogP contribution in [0.15, 0.2) is 0 Å². The number of carboxylic acids is 2. The molecule has 98 valence electrons. The molecule has 1 unspecified atom stereocenters. The summed E-state index contributed by atoms with van der Waals surface area (Å²) in [6, 6.07) is -1.32. The molecule has 0 bridgehead atoms. The SMILES string of the molecule is [2H]C([2H])([2H])C(=O)N[C@@H](CSC(C)CCC(=O)O)C(=O)O. The summed E-state index contributed by atoms with van der Waals surface area (Å²) in [6.45, 7) is -1.16. The molecule has 0 aromatic carbocycles. The van der Waals surface area contributed by atoms with Gasteiger partial charge < -0.3 is 15.5 Å². The molecular weight excluding hydrogens is 246 g/mol. The zero-order valence-electron chi connectivity index (χ0n) is 12.3. The summed E-state index contributed by atoms with van der Waals surface area (Å²) in [6.07, 6.45) is 0.326. The minimum absolute atomic E-state index is 0.0298. The highest BCUT2D eigenvalue weighted by molar-refractivity contribution is 7.99. The summed E-state index contributed by atoms with van der Waals surface area (Å²) in [7, 11) is 0. The summed E-state index contributed by atoms with van der Waals surface area (Å²) in [5, 5.41) is 19.3. The first-order valence-corrected chi connectivity index (χ1v) is 5.96. The fraction of sp³-hybridized carbons (Fsp3) is 0.700. The third-order valence-corrected chi connectivity index (χ3v) is 3.25. The van der Waals surface area contributed by atoms with Crippen LogP contribution < -0.4 is 5.32 Å². The average molecular weight is 266 g/mol. The Morgan fingerprint density at radius 1 is 1.41 bits per heavy atom. The van der Waals surface area contributed by atoms with Crippen molar-refractivity contribution in [1.82, 2.24) is 5.32 Å². The minimum Gasteiger partial charge on any atom is -0.481 e. The lowest BCUT2D eigenvalue weighted by atomic mass is 10.2. The third-order valence-electron chi connectivity index (χ3n) is 1.92. The molecule has 0 aliphatic carbocycles. The maximum absolute atomic E-state index is 11.2. The van der Waals surface area contributed by atoms with Crippen LogP contribution >= 0.6 is 11.8 Å². The zero-order valence-corrected chi connectivity index (χ0v) is 10.1. The van der Waals surface area contributed by atoms with Crippen molar-refractivity contribution in [2.24, 2.45) is 0 Å². The largest absolute Gasteiger partial charge is 0.481 e. The van der Waals surface area contributed by atoms with Gasteiger partial charge in [-0.15, -0.1) is 0 Å². The van der Waals surface area contributed by atoms with Crippen LogP contribution in [0.3, 0.4) is 0 Å². The first kappa shape index (κ1) is 10.9. The van der Waals surface area contributed by atoms with E-state index in [0.29, 0.717) is 6.42 Å². The van der Waals surface area contributed by atoms with Crippen LogP contribution in [-0.4, -0.2) is 45.1 Å². The van der Waals surface area contributed by atoms with Gasteiger partial charge in [0, 0.05) is 28.4 Å². The minimum atomic E-state index is -2.90. The van der Waals surface area contributed by atoms with E-state index < -0.39 is 30.7 Å². The molecule has 0 aromatic rings. The summed E-state index contributed by atoms with van der Waals surface area (Å²) >= 11 is 1.16. The van der Waals surface area contributed by atoms with E-state index >= 15 is 0 Å². The topological polar surface area (TPSA) is 104 Å². The van der Waals surface area contributed by atoms with Gasteiger partial charge in [-0.1, -0.05) is 6.92 Å². The van der Waals surface area contributed by atoms with Crippen LogP contribution in [0.4, 0.5) is 0 Å². The Bertz CT molecular complexity index is 374. The van der Waals surface area contributed by atoms with Crippen molar-refractivity contribution in [3.8, 4) is 0 Å². The molecule has 7 heteroatoms. The fourth-order valence-electron chi connectivity index (χ4n) is 1.00. The molecule has 0 fully saturated rings. The highest BCUT2D eigenvalue weighted by Gasteiger charge is 2.19. The van der Waals surface area contributed by atoms with Gasteiger partial charge in [-0.25, -0.2) is 4.79 Å². The van der Waals surface area contributed by atoms with Crippen LogP contribution in [0.2, 0.25) is 0 Å². The number of aliphatic carboxylic acids is 2. The molecule has 0 aliphatic heterocycles. The summed E-state index contributed by atoms with van der Waals surface area (Å²) in [5.41, 5.74) is 0. The molecule has 0 rings (SSSR count). The van der Waals surface area contributed by atoms with Gasteiger partial charge in [-0.2, -0.15) is 11.8 Å². The molecule has 0 saturated carbocycles. The highest BCUT2D eigenvalue weighted by atomic mass is 32.2. The summed E-state index contributed by atoms with van der Waals surface area (Å²) < 4.78 is 20.6. The molecule has 0 saturated heterocycles. The molecule has 3 N–H and O–H groups in total. The molecule has 6 nitrogen and oxygen atoms in total. The maximum Gasteiger partial charge on any atom is 0.327 e. The number of carbonyl (C=O) groups excluding carboxylic acids is 1. The van der Waals surface area contributed by atoms with Crippen LogP contribution in [0.5, 0.6) is 0 Å². The Balaban J connectivity index is 4.32. The first-order valence-electron chi connectivity index (χ1n) is 6.41. The van der Waals surface area contributed by atoms with E-state index in [2.05, 4.69) is 0 Å². The number of hydrogen-bond donors (Lipinski definition) is 3. The Morgan fingerprint density at radius 2 is 2.06 bits per heavy atom. The van der Waals surface area contributed by atoms with Gasteiger partial charge in [0.25, 0.3) is 0 Å². The Morgan fingerprint density at radius 3 is 2.53 bits per heavy atom. The van der Waals surface area contributed by atoms with E-state index in [9.17, 15) is 14.4 Å². The lowest BCUT2D eigenvalue weighted by Crippen LogP contribution is -2.41.